The van der Waals surface area contributed by atoms with Gasteiger partial charge in [0, 0.05) is 72.4 Å². The van der Waals surface area contributed by atoms with Crippen LogP contribution in [0, 0.1) is 18.8 Å². The SMILES string of the molecule is CC#Cc1cn(C)c(=O)cc1-c1cn(C)c(=O)c2c1cc(-c1cnn(C(C)C)c1)n2S(=O)(=O)c1ccc(C)cc1. The van der Waals surface area contributed by atoms with Crippen molar-refractivity contribution in [1.29, 1.82) is 0 Å². The summed E-state index contributed by atoms with van der Waals surface area (Å²) in [5.41, 5.74) is 2.55. The fraction of sp³-hybridized carbons (Fsp3) is 0.233. The zero-order chi connectivity index (χ0) is 28.9. The number of benzene rings is 1. The van der Waals surface area contributed by atoms with E-state index >= 15 is 0 Å². The van der Waals surface area contributed by atoms with Crippen LogP contribution >= 0.6 is 0 Å². The summed E-state index contributed by atoms with van der Waals surface area (Å²) in [4.78, 5) is 26.5. The van der Waals surface area contributed by atoms with Crippen LogP contribution in [0.4, 0.5) is 0 Å². The maximum Gasteiger partial charge on any atom is 0.275 e. The molecule has 5 rings (SSSR count). The van der Waals surface area contributed by atoms with Gasteiger partial charge in [-0.2, -0.15) is 5.10 Å². The first-order chi connectivity index (χ1) is 18.9. The van der Waals surface area contributed by atoms with Crippen LogP contribution in [-0.4, -0.2) is 31.3 Å². The molecule has 4 aromatic heterocycles. The number of hydrogen-bond donors (Lipinski definition) is 0. The Morgan fingerprint density at radius 2 is 1.62 bits per heavy atom. The maximum atomic E-state index is 14.2. The van der Waals surface area contributed by atoms with Crippen LogP contribution in [0.1, 0.15) is 37.9 Å². The minimum atomic E-state index is -4.23. The molecule has 0 N–H and O–H groups in total. The monoisotopic (exact) mass is 555 g/mol. The van der Waals surface area contributed by atoms with E-state index in [2.05, 4.69) is 16.9 Å². The molecule has 9 nitrogen and oxygen atoms in total. The third-order valence-corrected chi connectivity index (χ3v) is 8.59. The summed E-state index contributed by atoms with van der Waals surface area (Å²) in [6.45, 7) is 7.50. The fourth-order valence-electron chi connectivity index (χ4n) is 4.71. The normalized spacial score (nSPS) is 11.7. The quantitative estimate of drug-likeness (QED) is 0.305. The van der Waals surface area contributed by atoms with Crippen LogP contribution < -0.4 is 11.1 Å². The molecule has 5 aromatic rings. The molecule has 4 heterocycles. The second-order valence-electron chi connectivity index (χ2n) is 10.1. The molecule has 0 saturated carbocycles. The van der Waals surface area contributed by atoms with Crippen molar-refractivity contribution in [1.82, 2.24) is 22.9 Å². The van der Waals surface area contributed by atoms with E-state index in [-0.39, 0.29) is 22.0 Å². The van der Waals surface area contributed by atoms with E-state index in [0.717, 1.165) is 9.54 Å². The fourth-order valence-corrected chi connectivity index (χ4v) is 6.23. The molecule has 0 aliphatic rings. The zero-order valence-corrected chi connectivity index (χ0v) is 23.9. The lowest BCUT2D eigenvalue weighted by Gasteiger charge is -2.13. The number of nitrogens with zero attached hydrogens (tertiary/aromatic N) is 5. The molecule has 0 unspecified atom stereocenters. The Hall–Kier alpha value is -4.62. The Balaban J connectivity index is 1.96. The highest BCUT2D eigenvalue weighted by Crippen LogP contribution is 2.36. The van der Waals surface area contributed by atoms with Crippen molar-refractivity contribution < 1.29 is 8.42 Å². The van der Waals surface area contributed by atoms with Crippen LogP contribution in [0.5, 0.6) is 0 Å². The Labute approximate surface area is 232 Å². The molecular formula is C30H29N5O4S. The van der Waals surface area contributed by atoms with Crippen LogP contribution in [-0.2, 0) is 24.1 Å². The summed E-state index contributed by atoms with van der Waals surface area (Å²) >= 11 is 0. The predicted molar refractivity (Wildman–Crippen MR) is 156 cm³/mol. The van der Waals surface area contributed by atoms with E-state index in [1.165, 1.54) is 27.3 Å². The van der Waals surface area contributed by atoms with E-state index in [1.807, 2.05) is 20.8 Å². The molecule has 0 radical (unpaired) electrons. The Kier molecular flexibility index (Phi) is 6.64. The highest BCUT2D eigenvalue weighted by Gasteiger charge is 2.29. The molecule has 0 saturated heterocycles. The second kappa shape index (κ2) is 9.84. The van der Waals surface area contributed by atoms with Gasteiger partial charge in [0.15, 0.2) is 0 Å². The third-order valence-electron chi connectivity index (χ3n) is 6.86. The summed E-state index contributed by atoms with van der Waals surface area (Å²) < 4.78 is 34.1. The molecule has 204 valence electrons. The number of fused-ring (bicyclic) bond motifs is 1. The zero-order valence-electron chi connectivity index (χ0n) is 23.1. The molecule has 40 heavy (non-hydrogen) atoms. The largest absolute Gasteiger partial charge is 0.317 e. The van der Waals surface area contributed by atoms with Gasteiger partial charge in [0.1, 0.15) is 5.52 Å². The van der Waals surface area contributed by atoms with Gasteiger partial charge in [0.2, 0.25) is 0 Å². The minimum Gasteiger partial charge on any atom is -0.317 e. The Bertz CT molecular complexity index is 2080. The molecule has 0 spiro atoms. The van der Waals surface area contributed by atoms with Crippen molar-refractivity contribution in [3.63, 3.8) is 0 Å². The van der Waals surface area contributed by atoms with Crippen LogP contribution in [0.15, 0.2) is 75.7 Å². The first-order valence-corrected chi connectivity index (χ1v) is 14.1. The average Bonchev–Trinajstić information content (AvgIpc) is 3.55. The van der Waals surface area contributed by atoms with Crippen LogP contribution in [0.25, 0.3) is 33.3 Å². The molecule has 1 aromatic carbocycles. The van der Waals surface area contributed by atoms with Crippen molar-refractivity contribution >= 4 is 20.9 Å². The standard InChI is InChI=1S/C30H29N5O4S/c1-7-8-21-16-32(5)28(36)14-24(21)26-18-33(6)30(37)29-25(26)13-27(22-15-31-34(17-22)19(2)3)35(29)40(38,39)23-11-9-20(4)10-12-23/h9-19H,1-6H3. The molecular weight excluding hydrogens is 526 g/mol. The summed E-state index contributed by atoms with van der Waals surface area (Å²) in [6, 6.07) is 9.67. The number of rotatable bonds is 5. The summed E-state index contributed by atoms with van der Waals surface area (Å²) in [7, 11) is -1.03. The molecule has 10 heteroatoms. The molecule has 0 bridgehead atoms. The van der Waals surface area contributed by atoms with Crippen molar-refractivity contribution in [2.75, 3.05) is 0 Å². The van der Waals surface area contributed by atoms with E-state index in [1.54, 1.807) is 68.7 Å². The highest BCUT2D eigenvalue weighted by atomic mass is 32.2. The first-order valence-electron chi connectivity index (χ1n) is 12.7. The average molecular weight is 556 g/mol. The van der Waals surface area contributed by atoms with Gasteiger partial charge in [-0.05, 0) is 45.9 Å². The van der Waals surface area contributed by atoms with Crippen molar-refractivity contribution in [3.8, 4) is 34.2 Å². The van der Waals surface area contributed by atoms with Crippen molar-refractivity contribution in [2.24, 2.45) is 14.1 Å². The van der Waals surface area contributed by atoms with Gasteiger partial charge in [-0.25, -0.2) is 12.4 Å². The molecule has 0 atom stereocenters. The van der Waals surface area contributed by atoms with E-state index in [4.69, 9.17) is 0 Å². The molecule has 0 aliphatic heterocycles. The topological polar surface area (TPSA) is 101 Å². The summed E-state index contributed by atoms with van der Waals surface area (Å²) in [6.07, 6.45) is 6.60. The lowest BCUT2D eigenvalue weighted by molar-refractivity contribution is 0.532. The van der Waals surface area contributed by atoms with Crippen LogP contribution in [0.2, 0.25) is 0 Å². The van der Waals surface area contributed by atoms with Gasteiger partial charge in [-0.1, -0.05) is 23.6 Å². The lowest BCUT2D eigenvalue weighted by Crippen LogP contribution is -2.23. The van der Waals surface area contributed by atoms with Gasteiger partial charge in [-0.3, -0.25) is 14.3 Å². The number of hydrogen-bond acceptors (Lipinski definition) is 5. The third kappa shape index (κ3) is 4.38. The molecule has 0 aliphatic carbocycles. The van der Waals surface area contributed by atoms with E-state index in [0.29, 0.717) is 33.3 Å². The van der Waals surface area contributed by atoms with Gasteiger partial charge >= 0.3 is 0 Å². The maximum absolute atomic E-state index is 14.2. The molecule has 0 amide bonds. The smallest absolute Gasteiger partial charge is 0.275 e. The van der Waals surface area contributed by atoms with Crippen molar-refractivity contribution in [3.05, 3.63) is 93.0 Å². The second-order valence-corrected chi connectivity index (χ2v) is 11.8. The van der Waals surface area contributed by atoms with Gasteiger partial charge in [-0.15, -0.1) is 5.92 Å². The van der Waals surface area contributed by atoms with Crippen LogP contribution in [0.3, 0.4) is 0 Å². The Morgan fingerprint density at radius 3 is 2.25 bits per heavy atom. The summed E-state index contributed by atoms with van der Waals surface area (Å²) in [5.74, 6) is 5.91. The van der Waals surface area contributed by atoms with Gasteiger partial charge < -0.3 is 9.13 Å². The number of aryl methyl sites for hydroxylation is 3. The highest BCUT2D eigenvalue weighted by molar-refractivity contribution is 7.90. The first kappa shape index (κ1) is 27.0. The minimum absolute atomic E-state index is 0.0241. The summed E-state index contributed by atoms with van der Waals surface area (Å²) in [5, 5.41) is 4.80. The Morgan fingerprint density at radius 1 is 0.925 bits per heavy atom. The lowest BCUT2D eigenvalue weighted by atomic mass is 10.00. The van der Waals surface area contributed by atoms with E-state index < -0.39 is 15.6 Å². The van der Waals surface area contributed by atoms with Crippen molar-refractivity contribution in [2.45, 2.75) is 38.6 Å². The van der Waals surface area contributed by atoms with Gasteiger partial charge in [0.25, 0.3) is 21.1 Å². The van der Waals surface area contributed by atoms with E-state index in [9.17, 15) is 18.0 Å². The predicted octanol–water partition coefficient (Wildman–Crippen LogP) is 4.07. The molecule has 0 fully saturated rings. The number of pyridine rings is 2. The number of aromatic nitrogens is 5. The van der Waals surface area contributed by atoms with Gasteiger partial charge in [0.05, 0.1) is 16.8 Å².